The summed E-state index contributed by atoms with van der Waals surface area (Å²) in [6.45, 7) is 1.83. The predicted molar refractivity (Wildman–Crippen MR) is 124 cm³/mol. The lowest BCUT2D eigenvalue weighted by Crippen LogP contribution is -2.15. The van der Waals surface area contributed by atoms with Gasteiger partial charge in [-0.1, -0.05) is 53.6 Å². The first-order chi connectivity index (χ1) is 16.0. The van der Waals surface area contributed by atoms with E-state index in [0.717, 1.165) is 5.56 Å². The molecule has 0 unspecified atom stereocenters. The summed E-state index contributed by atoms with van der Waals surface area (Å²) in [4.78, 5) is 32.6. The quantitative estimate of drug-likeness (QED) is 0.248. The normalized spacial score (nSPS) is 10.2. The second-order valence-electron chi connectivity index (χ2n) is 6.97. The first-order valence-electron chi connectivity index (χ1n) is 9.91. The first-order valence-corrected chi connectivity index (χ1v) is 9.91. The number of hydrogen-bond donors (Lipinski definition) is 2. The van der Waals surface area contributed by atoms with Crippen molar-refractivity contribution < 1.29 is 9.59 Å². The summed E-state index contributed by atoms with van der Waals surface area (Å²) < 4.78 is 1.42. The highest BCUT2D eigenvalue weighted by Gasteiger charge is 2.18. The van der Waals surface area contributed by atoms with E-state index in [1.807, 2.05) is 37.3 Å². The van der Waals surface area contributed by atoms with Crippen molar-refractivity contribution in [1.82, 2.24) is 14.8 Å². The summed E-state index contributed by atoms with van der Waals surface area (Å²) in [5, 5.41) is 13.3. The van der Waals surface area contributed by atoms with Crippen molar-refractivity contribution in [3.05, 3.63) is 106 Å². The zero-order chi connectivity index (χ0) is 23.2. The van der Waals surface area contributed by atoms with Gasteiger partial charge < -0.3 is 0 Å². The van der Waals surface area contributed by atoms with E-state index in [1.54, 1.807) is 42.5 Å². The molecular weight excluding hydrogens is 420 g/mol. The molecule has 3 aromatic carbocycles. The Hall–Kier alpha value is -4.95. The molecule has 10 nitrogen and oxygen atoms in total. The van der Waals surface area contributed by atoms with Gasteiger partial charge in [0.1, 0.15) is 0 Å². The fourth-order valence-corrected chi connectivity index (χ4v) is 3.13. The highest BCUT2D eigenvalue weighted by molar-refractivity contribution is 6.05. The second kappa shape index (κ2) is 9.46. The Morgan fingerprint density at radius 1 is 0.939 bits per heavy atom. The van der Waals surface area contributed by atoms with Crippen molar-refractivity contribution in [2.24, 2.45) is 5.11 Å². The van der Waals surface area contributed by atoms with Crippen molar-refractivity contribution >= 4 is 29.4 Å². The van der Waals surface area contributed by atoms with Crippen LogP contribution >= 0.6 is 0 Å². The standard InChI is InChI=1S/C23H18N8O2/c1-15-8-5-6-13-19(15)21(33)25-22-27-23(31(29-22)18-11-3-2-4-12-18)26-20(32)16-9-7-10-17(14-16)28-30-24/h2-14H,1H3,(H2,25,26,27,29,32,33). The molecule has 0 saturated heterocycles. The van der Waals surface area contributed by atoms with E-state index in [0.29, 0.717) is 16.9 Å². The van der Waals surface area contributed by atoms with Crippen molar-refractivity contribution in [3.63, 3.8) is 0 Å². The molecule has 0 bridgehead atoms. The van der Waals surface area contributed by atoms with Crippen LogP contribution < -0.4 is 10.6 Å². The van der Waals surface area contributed by atoms with E-state index in [2.05, 4.69) is 30.7 Å². The molecule has 0 aliphatic heterocycles. The van der Waals surface area contributed by atoms with Crippen LogP contribution in [0.15, 0.2) is 84.0 Å². The van der Waals surface area contributed by atoms with Gasteiger partial charge in [-0.25, -0.2) is 0 Å². The summed E-state index contributed by atoms with van der Waals surface area (Å²) in [5.74, 6) is -0.699. The van der Waals surface area contributed by atoms with Gasteiger partial charge in [0.15, 0.2) is 0 Å². The van der Waals surface area contributed by atoms with Crippen molar-refractivity contribution in [2.75, 3.05) is 10.6 Å². The third-order valence-corrected chi connectivity index (χ3v) is 4.72. The number of carbonyl (C=O) groups is 2. The maximum Gasteiger partial charge on any atom is 0.258 e. The molecule has 0 aliphatic carbocycles. The Morgan fingerprint density at radius 3 is 2.45 bits per heavy atom. The molecule has 0 saturated carbocycles. The van der Waals surface area contributed by atoms with Gasteiger partial charge in [-0.15, -0.1) is 5.10 Å². The number of para-hydroxylation sites is 1. The number of aromatic nitrogens is 3. The van der Waals surface area contributed by atoms with Gasteiger partial charge in [0.05, 0.1) is 5.69 Å². The SMILES string of the molecule is Cc1ccccc1C(=O)Nc1nc(NC(=O)c2cccc(N=[N+]=[N-])c2)n(-c2ccccc2)n1. The van der Waals surface area contributed by atoms with Crippen molar-refractivity contribution in [3.8, 4) is 5.69 Å². The summed E-state index contributed by atoms with van der Waals surface area (Å²) in [7, 11) is 0. The third kappa shape index (κ3) is 4.87. The van der Waals surface area contributed by atoms with E-state index >= 15 is 0 Å². The smallest absolute Gasteiger partial charge is 0.258 e. The monoisotopic (exact) mass is 438 g/mol. The lowest BCUT2D eigenvalue weighted by molar-refractivity contribution is 0.101. The topological polar surface area (TPSA) is 138 Å². The number of azide groups is 1. The van der Waals surface area contributed by atoms with Crippen LogP contribution in [0.4, 0.5) is 17.6 Å². The Labute approximate surface area is 188 Å². The van der Waals surface area contributed by atoms with E-state index in [1.165, 1.54) is 10.7 Å². The molecule has 0 aliphatic rings. The molecule has 10 heteroatoms. The zero-order valence-electron chi connectivity index (χ0n) is 17.5. The van der Waals surface area contributed by atoms with Crippen LogP contribution in [-0.4, -0.2) is 26.6 Å². The van der Waals surface area contributed by atoms with Crippen LogP contribution in [0.25, 0.3) is 16.1 Å². The lowest BCUT2D eigenvalue weighted by atomic mass is 10.1. The van der Waals surface area contributed by atoms with Gasteiger partial charge in [0.25, 0.3) is 17.8 Å². The molecule has 162 valence electrons. The molecule has 0 fully saturated rings. The minimum atomic E-state index is -0.480. The minimum Gasteiger partial charge on any atom is -0.290 e. The Balaban J connectivity index is 1.65. The van der Waals surface area contributed by atoms with Crippen LogP contribution in [0.1, 0.15) is 26.3 Å². The molecule has 0 atom stereocenters. The molecule has 1 heterocycles. The number of nitrogens with zero attached hydrogens (tertiary/aromatic N) is 6. The zero-order valence-corrected chi connectivity index (χ0v) is 17.5. The number of nitrogens with one attached hydrogen (secondary N) is 2. The van der Waals surface area contributed by atoms with Crippen LogP contribution in [0.3, 0.4) is 0 Å². The first kappa shape index (κ1) is 21.3. The summed E-state index contributed by atoms with van der Waals surface area (Å²) in [5.41, 5.74) is 11.1. The Morgan fingerprint density at radius 2 is 1.70 bits per heavy atom. The van der Waals surface area contributed by atoms with Gasteiger partial charge in [0, 0.05) is 21.7 Å². The molecule has 4 aromatic rings. The number of rotatable bonds is 6. The predicted octanol–water partition coefficient (Wildman–Crippen LogP) is 5.02. The Kier molecular flexibility index (Phi) is 6.10. The van der Waals surface area contributed by atoms with E-state index < -0.39 is 5.91 Å². The highest BCUT2D eigenvalue weighted by Crippen LogP contribution is 2.20. The number of hydrogen-bond acceptors (Lipinski definition) is 5. The third-order valence-electron chi connectivity index (χ3n) is 4.72. The fourth-order valence-electron chi connectivity index (χ4n) is 3.13. The van der Waals surface area contributed by atoms with Gasteiger partial charge in [-0.05, 0) is 48.4 Å². The molecular formula is C23H18N8O2. The number of carbonyl (C=O) groups excluding carboxylic acids is 2. The molecule has 33 heavy (non-hydrogen) atoms. The summed E-state index contributed by atoms with van der Waals surface area (Å²) >= 11 is 0. The van der Waals surface area contributed by atoms with Crippen LogP contribution in [0, 0.1) is 6.92 Å². The number of amides is 2. The molecule has 4 rings (SSSR count). The summed E-state index contributed by atoms with van der Waals surface area (Å²) in [6, 6.07) is 22.5. The fraction of sp³-hybridized carbons (Fsp3) is 0.0435. The molecule has 0 spiro atoms. The average Bonchev–Trinajstić information content (AvgIpc) is 3.22. The highest BCUT2D eigenvalue weighted by atomic mass is 16.2. The second-order valence-corrected chi connectivity index (χ2v) is 6.97. The minimum absolute atomic E-state index is 0.0326. The van der Waals surface area contributed by atoms with E-state index in [-0.39, 0.29) is 23.4 Å². The molecule has 0 radical (unpaired) electrons. The maximum absolute atomic E-state index is 12.8. The van der Waals surface area contributed by atoms with Gasteiger partial charge in [-0.3, -0.25) is 20.2 Å². The number of aryl methyl sites for hydroxylation is 1. The molecule has 1 aromatic heterocycles. The van der Waals surface area contributed by atoms with Crippen molar-refractivity contribution in [1.29, 1.82) is 0 Å². The largest absolute Gasteiger partial charge is 0.290 e. The van der Waals surface area contributed by atoms with Gasteiger partial charge in [0.2, 0.25) is 5.95 Å². The van der Waals surface area contributed by atoms with E-state index in [4.69, 9.17) is 5.53 Å². The van der Waals surface area contributed by atoms with Gasteiger partial charge >= 0.3 is 0 Å². The van der Waals surface area contributed by atoms with Gasteiger partial charge in [-0.2, -0.15) is 9.67 Å². The molecule has 2 amide bonds. The number of anilines is 2. The van der Waals surface area contributed by atoms with Crippen LogP contribution in [0.2, 0.25) is 0 Å². The summed E-state index contributed by atoms with van der Waals surface area (Å²) in [6.07, 6.45) is 0. The average molecular weight is 438 g/mol. The van der Waals surface area contributed by atoms with Crippen molar-refractivity contribution in [2.45, 2.75) is 6.92 Å². The Bertz CT molecular complexity index is 1370. The lowest BCUT2D eigenvalue weighted by Gasteiger charge is -2.07. The van der Waals surface area contributed by atoms with E-state index in [9.17, 15) is 9.59 Å². The van der Waals surface area contributed by atoms with Crippen LogP contribution in [0.5, 0.6) is 0 Å². The van der Waals surface area contributed by atoms with Crippen LogP contribution in [-0.2, 0) is 0 Å². The maximum atomic E-state index is 12.8. The molecule has 2 N–H and O–H groups in total. The number of benzene rings is 3.